The molecule has 0 spiro atoms. The number of ether oxygens (including phenoxy) is 2. The summed E-state index contributed by atoms with van der Waals surface area (Å²) < 4.78 is 34.3. The van der Waals surface area contributed by atoms with E-state index in [1.165, 1.54) is 12.3 Å². The Bertz CT molecular complexity index is 899. The molecule has 2 aromatic rings. The van der Waals surface area contributed by atoms with Crippen LogP contribution in [0.15, 0.2) is 41.4 Å². The summed E-state index contributed by atoms with van der Waals surface area (Å²) in [5.41, 5.74) is 1.14. The molecule has 7 nitrogen and oxygen atoms in total. The molecule has 1 atom stereocenters. The first-order valence-electron chi connectivity index (χ1n) is 8.67. The Morgan fingerprint density at radius 2 is 1.88 bits per heavy atom. The summed E-state index contributed by atoms with van der Waals surface area (Å²) in [6, 6.07) is 9.45. The number of aromatic nitrogens is 1. The molecule has 0 radical (unpaired) electrons. The van der Waals surface area contributed by atoms with Gasteiger partial charge < -0.3 is 14.4 Å². The largest absolute Gasteiger partial charge is 0.490 e. The normalized spacial score (nSPS) is 20.0. The van der Waals surface area contributed by atoms with Gasteiger partial charge in [-0.3, -0.25) is 0 Å². The zero-order valence-corrected chi connectivity index (χ0v) is 15.1. The quantitative estimate of drug-likeness (QED) is 0.884. The van der Waals surface area contributed by atoms with E-state index in [9.17, 15) is 8.42 Å². The number of anilines is 1. The van der Waals surface area contributed by atoms with Crippen LogP contribution in [0.4, 0.5) is 5.82 Å². The monoisotopic (exact) mass is 375 g/mol. The van der Waals surface area contributed by atoms with E-state index in [0.29, 0.717) is 13.2 Å². The van der Waals surface area contributed by atoms with Crippen LogP contribution in [0.1, 0.15) is 30.9 Å². The number of primary sulfonamides is 1. The molecule has 138 valence electrons. The molecule has 4 rings (SSSR count). The summed E-state index contributed by atoms with van der Waals surface area (Å²) in [7, 11) is -3.73. The van der Waals surface area contributed by atoms with Gasteiger partial charge in [0.2, 0.25) is 10.0 Å². The van der Waals surface area contributed by atoms with E-state index in [1.807, 2.05) is 12.1 Å². The second-order valence-corrected chi connectivity index (χ2v) is 8.07. The molecule has 26 heavy (non-hydrogen) atoms. The maximum atomic E-state index is 11.4. The zero-order chi connectivity index (χ0) is 18.1. The van der Waals surface area contributed by atoms with Gasteiger partial charge >= 0.3 is 0 Å². The van der Waals surface area contributed by atoms with E-state index >= 15 is 0 Å². The number of sulfonamides is 1. The third-order valence-corrected chi connectivity index (χ3v) is 5.65. The first-order chi connectivity index (χ1) is 12.5. The molecule has 1 aromatic carbocycles. The summed E-state index contributed by atoms with van der Waals surface area (Å²) in [6.07, 6.45) is 4.23. The van der Waals surface area contributed by atoms with Crippen LogP contribution >= 0.6 is 0 Å². The van der Waals surface area contributed by atoms with Crippen LogP contribution in [-0.2, 0) is 10.0 Å². The van der Waals surface area contributed by atoms with E-state index in [-0.39, 0.29) is 10.9 Å². The van der Waals surface area contributed by atoms with Gasteiger partial charge in [0, 0.05) is 19.2 Å². The zero-order valence-electron chi connectivity index (χ0n) is 14.3. The lowest BCUT2D eigenvalue weighted by molar-refractivity contribution is 0.297. The van der Waals surface area contributed by atoms with Crippen molar-refractivity contribution < 1.29 is 17.9 Å². The third-order valence-electron chi connectivity index (χ3n) is 4.75. The van der Waals surface area contributed by atoms with Crippen molar-refractivity contribution in [3.8, 4) is 11.5 Å². The highest BCUT2D eigenvalue weighted by atomic mass is 32.2. The van der Waals surface area contributed by atoms with Gasteiger partial charge in [-0.15, -0.1) is 0 Å². The van der Waals surface area contributed by atoms with Crippen molar-refractivity contribution in [2.24, 2.45) is 5.14 Å². The summed E-state index contributed by atoms with van der Waals surface area (Å²) in [6.45, 7) is 2.18. The summed E-state index contributed by atoms with van der Waals surface area (Å²) in [4.78, 5) is 6.52. The molecule has 2 N–H and O–H groups in total. The molecule has 0 saturated carbocycles. The number of pyridine rings is 1. The molecule has 1 saturated heterocycles. The van der Waals surface area contributed by atoms with E-state index in [4.69, 9.17) is 14.6 Å². The fourth-order valence-electron chi connectivity index (χ4n) is 3.49. The highest BCUT2D eigenvalue weighted by Gasteiger charge is 2.28. The lowest BCUT2D eigenvalue weighted by atomic mass is 10.0. The van der Waals surface area contributed by atoms with Crippen LogP contribution in [0, 0.1) is 0 Å². The molecule has 8 heteroatoms. The second-order valence-electron chi connectivity index (χ2n) is 6.51. The molecular formula is C18H21N3O4S. The van der Waals surface area contributed by atoms with Crippen molar-refractivity contribution in [3.05, 3.63) is 42.1 Å². The van der Waals surface area contributed by atoms with Crippen LogP contribution in [0.5, 0.6) is 11.5 Å². The van der Waals surface area contributed by atoms with Crippen LogP contribution in [0.25, 0.3) is 0 Å². The van der Waals surface area contributed by atoms with Crippen LogP contribution in [0.3, 0.4) is 0 Å². The molecule has 0 amide bonds. The third kappa shape index (κ3) is 3.34. The lowest BCUT2D eigenvalue weighted by Crippen LogP contribution is -2.24. The Morgan fingerprint density at radius 3 is 2.62 bits per heavy atom. The topological polar surface area (TPSA) is 94.8 Å². The van der Waals surface area contributed by atoms with Crippen molar-refractivity contribution >= 4 is 15.8 Å². The van der Waals surface area contributed by atoms with Crippen LogP contribution < -0.4 is 19.5 Å². The number of benzene rings is 1. The summed E-state index contributed by atoms with van der Waals surface area (Å²) in [5.74, 6) is 2.31. The number of hydrogen-bond donors (Lipinski definition) is 1. The van der Waals surface area contributed by atoms with Gasteiger partial charge in [-0.2, -0.15) is 0 Å². The number of hydrogen-bond acceptors (Lipinski definition) is 6. The highest BCUT2D eigenvalue weighted by molar-refractivity contribution is 7.89. The first kappa shape index (κ1) is 17.1. The maximum Gasteiger partial charge on any atom is 0.239 e. The van der Waals surface area contributed by atoms with E-state index in [1.54, 1.807) is 6.07 Å². The van der Waals surface area contributed by atoms with E-state index < -0.39 is 10.0 Å². The van der Waals surface area contributed by atoms with Crippen molar-refractivity contribution in [2.75, 3.05) is 24.7 Å². The fraction of sp³-hybridized carbons (Fsp3) is 0.389. The number of nitrogens with two attached hydrogens (primary N) is 1. The van der Waals surface area contributed by atoms with Crippen molar-refractivity contribution in [3.63, 3.8) is 0 Å². The predicted octanol–water partition coefficient (Wildman–Crippen LogP) is 2.23. The van der Waals surface area contributed by atoms with Gasteiger partial charge in [0.25, 0.3) is 0 Å². The van der Waals surface area contributed by atoms with Crippen molar-refractivity contribution in [1.82, 2.24) is 4.98 Å². The van der Waals surface area contributed by atoms with Gasteiger partial charge in [-0.25, -0.2) is 18.5 Å². The van der Waals surface area contributed by atoms with Crippen molar-refractivity contribution in [1.29, 1.82) is 0 Å². The average Bonchev–Trinajstić information content (AvgIpc) is 3.00. The minimum atomic E-state index is -3.73. The van der Waals surface area contributed by atoms with Gasteiger partial charge in [0.1, 0.15) is 10.7 Å². The molecule has 2 aliphatic heterocycles. The number of nitrogens with zero attached hydrogens (tertiary/aromatic N) is 2. The van der Waals surface area contributed by atoms with Gasteiger partial charge in [-0.05, 0) is 42.7 Å². The number of fused-ring (bicyclic) bond motifs is 1. The standard InChI is InChI=1S/C18H21N3O4S/c19-26(22,23)14-5-7-18(20-12-14)21-8-1-3-15(21)13-4-6-16-17(11-13)25-10-2-9-24-16/h4-7,11-12,15H,1-3,8-10H2,(H2,19,22,23). The predicted molar refractivity (Wildman–Crippen MR) is 97.0 cm³/mol. The average molecular weight is 375 g/mol. The van der Waals surface area contributed by atoms with E-state index in [2.05, 4.69) is 16.0 Å². The highest BCUT2D eigenvalue weighted by Crippen LogP contribution is 2.39. The molecule has 1 aromatic heterocycles. The van der Waals surface area contributed by atoms with Crippen LogP contribution in [-0.4, -0.2) is 33.2 Å². The van der Waals surface area contributed by atoms with E-state index in [0.717, 1.165) is 48.7 Å². The summed E-state index contributed by atoms with van der Waals surface area (Å²) >= 11 is 0. The fourth-order valence-corrected chi connectivity index (χ4v) is 3.94. The Kier molecular flexibility index (Phi) is 4.46. The molecule has 0 aliphatic carbocycles. The minimum Gasteiger partial charge on any atom is -0.490 e. The number of rotatable bonds is 3. The molecule has 1 unspecified atom stereocenters. The molecule has 0 bridgehead atoms. The molecule has 2 aliphatic rings. The van der Waals surface area contributed by atoms with Gasteiger partial charge in [0.15, 0.2) is 11.5 Å². The van der Waals surface area contributed by atoms with Crippen molar-refractivity contribution in [2.45, 2.75) is 30.2 Å². The molecule has 1 fully saturated rings. The van der Waals surface area contributed by atoms with Gasteiger partial charge in [0.05, 0.1) is 19.3 Å². The minimum absolute atomic E-state index is 0.0209. The Labute approximate surface area is 152 Å². The Balaban J connectivity index is 1.62. The smallest absolute Gasteiger partial charge is 0.239 e. The molecular weight excluding hydrogens is 354 g/mol. The lowest BCUT2D eigenvalue weighted by Gasteiger charge is -2.26. The van der Waals surface area contributed by atoms with Crippen LogP contribution in [0.2, 0.25) is 0 Å². The maximum absolute atomic E-state index is 11.4. The Hall–Kier alpha value is -2.32. The summed E-state index contributed by atoms with van der Waals surface area (Å²) in [5, 5.41) is 5.15. The molecule has 3 heterocycles. The Morgan fingerprint density at radius 1 is 1.08 bits per heavy atom. The first-order valence-corrected chi connectivity index (χ1v) is 10.2. The SMILES string of the molecule is NS(=O)(=O)c1ccc(N2CCCC2c2ccc3c(c2)OCCCO3)nc1. The second kappa shape index (κ2) is 6.77. The van der Waals surface area contributed by atoms with Gasteiger partial charge in [-0.1, -0.05) is 6.07 Å².